The van der Waals surface area contributed by atoms with Crippen LogP contribution in [-0.2, 0) is 21.3 Å². The molecule has 0 aliphatic carbocycles. The summed E-state index contributed by atoms with van der Waals surface area (Å²) in [6.07, 6.45) is 0. The average molecular weight is 290 g/mol. The minimum absolute atomic E-state index is 0.0792. The molecule has 1 aromatic rings. The third-order valence-corrected chi connectivity index (χ3v) is 4.21. The molecule has 3 N–H and O–H groups in total. The van der Waals surface area contributed by atoms with Gasteiger partial charge >= 0.3 is 0 Å². The van der Waals surface area contributed by atoms with E-state index >= 15 is 0 Å². The summed E-state index contributed by atoms with van der Waals surface area (Å²) < 4.78 is 45.2. The van der Waals surface area contributed by atoms with Crippen LogP contribution in [0.1, 0.15) is 18.1 Å². The molecule has 0 atom stereocenters. The molecule has 0 radical (unpaired) electrons. The summed E-state index contributed by atoms with van der Waals surface area (Å²) in [6.45, 7) is 4.25. The van der Waals surface area contributed by atoms with Gasteiger partial charge in [-0.25, -0.2) is 17.5 Å². The Balaban J connectivity index is 2.97. The number of nitrogens with one attached hydrogen (secondary N) is 1. The van der Waals surface area contributed by atoms with Gasteiger partial charge in [-0.2, -0.15) is 0 Å². The number of ether oxygens (including phenoxy) is 1. The van der Waals surface area contributed by atoms with E-state index < -0.39 is 15.8 Å². The number of hydrogen-bond acceptors (Lipinski definition) is 4. The Hall–Kier alpha value is -1.02. The highest BCUT2D eigenvalue weighted by Crippen LogP contribution is 2.20. The fraction of sp³-hybridized carbons (Fsp3) is 0.500. The number of rotatable bonds is 7. The molecular formula is C12H19FN2O3S. The van der Waals surface area contributed by atoms with Crippen LogP contribution in [0.25, 0.3) is 0 Å². The van der Waals surface area contributed by atoms with Crippen molar-refractivity contribution in [2.75, 3.05) is 19.8 Å². The van der Waals surface area contributed by atoms with Gasteiger partial charge in [0.15, 0.2) is 0 Å². The molecule has 0 amide bonds. The lowest BCUT2D eigenvalue weighted by molar-refractivity contribution is 0.153. The van der Waals surface area contributed by atoms with Crippen molar-refractivity contribution >= 4 is 10.0 Å². The normalized spacial score (nSPS) is 11.8. The van der Waals surface area contributed by atoms with Crippen molar-refractivity contribution in [1.82, 2.24) is 4.72 Å². The van der Waals surface area contributed by atoms with E-state index in [1.54, 1.807) is 0 Å². The van der Waals surface area contributed by atoms with E-state index in [-0.39, 0.29) is 30.2 Å². The third-order valence-electron chi connectivity index (χ3n) is 2.62. The Bertz CT molecular complexity index is 532. The molecule has 0 aromatic heterocycles. The zero-order chi connectivity index (χ0) is 14.5. The highest BCUT2D eigenvalue weighted by atomic mass is 32.2. The molecule has 108 valence electrons. The van der Waals surface area contributed by atoms with Gasteiger partial charge in [-0.15, -0.1) is 0 Å². The summed E-state index contributed by atoms with van der Waals surface area (Å²) in [5, 5.41) is 0. The summed E-state index contributed by atoms with van der Waals surface area (Å²) in [4.78, 5) is -0.0792. The van der Waals surface area contributed by atoms with Gasteiger partial charge in [0.1, 0.15) is 5.82 Å². The quantitative estimate of drug-likeness (QED) is 0.731. The van der Waals surface area contributed by atoms with E-state index in [1.807, 2.05) is 6.92 Å². The topological polar surface area (TPSA) is 81.4 Å². The molecule has 19 heavy (non-hydrogen) atoms. The van der Waals surface area contributed by atoms with Crippen LogP contribution in [0.2, 0.25) is 0 Å². The Kier molecular flexibility index (Phi) is 5.86. The van der Waals surface area contributed by atoms with Crippen molar-refractivity contribution in [3.63, 3.8) is 0 Å². The van der Waals surface area contributed by atoms with Gasteiger partial charge in [-0.3, -0.25) is 0 Å². The number of benzene rings is 1. The smallest absolute Gasteiger partial charge is 0.241 e. The average Bonchev–Trinajstić information content (AvgIpc) is 2.37. The summed E-state index contributed by atoms with van der Waals surface area (Å²) >= 11 is 0. The minimum Gasteiger partial charge on any atom is -0.380 e. The molecule has 0 unspecified atom stereocenters. The number of sulfonamides is 1. The van der Waals surface area contributed by atoms with Gasteiger partial charge in [0, 0.05) is 25.3 Å². The van der Waals surface area contributed by atoms with Crippen molar-refractivity contribution in [3.05, 3.63) is 29.1 Å². The molecule has 5 nitrogen and oxygen atoms in total. The molecule has 0 aliphatic heterocycles. The van der Waals surface area contributed by atoms with Crippen molar-refractivity contribution < 1.29 is 17.5 Å². The summed E-state index contributed by atoms with van der Waals surface area (Å²) in [5.74, 6) is -0.576. The van der Waals surface area contributed by atoms with Crippen molar-refractivity contribution in [2.45, 2.75) is 25.3 Å². The number of halogens is 1. The van der Waals surface area contributed by atoms with Crippen LogP contribution in [-0.4, -0.2) is 28.2 Å². The monoisotopic (exact) mass is 290 g/mol. The fourth-order valence-corrected chi connectivity index (χ4v) is 2.89. The fourth-order valence-electron chi connectivity index (χ4n) is 1.57. The van der Waals surface area contributed by atoms with Gasteiger partial charge < -0.3 is 10.5 Å². The Morgan fingerprint density at radius 2 is 2.11 bits per heavy atom. The van der Waals surface area contributed by atoms with Crippen LogP contribution < -0.4 is 10.5 Å². The minimum atomic E-state index is -3.75. The maximum atomic E-state index is 13.6. The molecular weight excluding hydrogens is 271 g/mol. The summed E-state index contributed by atoms with van der Waals surface area (Å²) in [7, 11) is -3.75. The van der Waals surface area contributed by atoms with Gasteiger partial charge in [0.2, 0.25) is 10.0 Å². The van der Waals surface area contributed by atoms with Gasteiger partial charge in [0.05, 0.1) is 11.5 Å². The SMILES string of the molecule is CCOCCNS(=O)(=O)c1cc(CN)cc(F)c1C. The first-order chi connectivity index (χ1) is 8.92. The van der Waals surface area contributed by atoms with Crippen LogP contribution in [0.4, 0.5) is 4.39 Å². The van der Waals surface area contributed by atoms with E-state index in [4.69, 9.17) is 10.5 Å². The van der Waals surface area contributed by atoms with E-state index in [0.29, 0.717) is 12.2 Å². The van der Waals surface area contributed by atoms with E-state index in [0.717, 1.165) is 0 Å². The predicted octanol–water partition coefficient (Wildman–Crippen LogP) is 0.908. The predicted molar refractivity (Wildman–Crippen MR) is 70.7 cm³/mol. The van der Waals surface area contributed by atoms with Crippen LogP contribution in [0, 0.1) is 12.7 Å². The molecule has 1 rings (SSSR count). The summed E-state index contributed by atoms with van der Waals surface area (Å²) in [6, 6.07) is 2.63. The molecule has 0 saturated heterocycles. The molecule has 0 heterocycles. The van der Waals surface area contributed by atoms with Gasteiger partial charge in [0.25, 0.3) is 0 Å². The van der Waals surface area contributed by atoms with Crippen LogP contribution in [0.3, 0.4) is 0 Å². The first-order valence-corrected chi connectivity index (χ1v) is 7.47. The molecule has 1 aromatic carbocycles. The molecule has 0 aliphatic rings. The van der Waals surface area contributed by atoms with Crippen molar-refractivity contribution in [2.24, 2.45) is 5.73 Å². The summed E-state index contributed by atoms with van der Waals surface area (Å²) in [5.41, 5.74) is 5.94. The third kappa shape index (κ3) is 4.24. The highest BCUT2D eigenvalue weighted by molar-refractivity contribution is 7.89. The van der Waals surface area contributed by atoms with E-state index in [9.17, 15) is 12.8 Å². The molecule has 0 bridgehead atoms. The first kappa shape index (κ1) is 16.0. The standard InChI is InChI=1S/C12H19FN2O3S/c1-3-18-5-4-15-19(16,17)12-7-10(8-14)6-11(13)9(12)2/h6-7,15H,3-5,8,14H2,1-2H3. The van der Waals surface area contributed by atoms with Gasteiger partial charge in [-0.1, -0.05) is 0 Å². The molecule has 0 fully saturated rings. The maximum absolute atomic E-state index is 13.6. The maximum Gasteiger partial charge on any atom is 0.241 e. The van der Waals surface area contributed by atoms with Crippen LogP contribution in [0.15, 0.2) is 17.0 Å². The van der Waals surface area contributed by atoms with Crippen LogP contribution in [0.5, 0.6) is 0 Å². The Morgan fingerprint density at radius 1 is 1.42 bits per heavy atom. The zero-order valence-electron chi connectivity index (χ0n) is 11.1. The van der Waals surface area contributed by atoms with Gasteiger partial charge in [-0.05, 0) is 31.5 Å². The van der Waals surface area contributed by atoms with Crippen LogP contribution >= 0.6 is 0 Å². The number of nitrogens with two attached hydrogens (primary N) is 1. The molecule has 7 heteroatoms. The van der Waals surface area contributed by atoms with E-state index in [1.165, 1.54) is 19.1 Å². The van der Waals surface area contributed by atoms with Crippen molar-refractivity contribution in [1.29, 1.82) is 0 Å². The van der Waals surface area contributed by atoms with Crippen molar-refractivity contribution in [3.8, 4) is 0 Å². The zero-order valence-corrected chi connectivity index (χ0v) is 11.9. The Morgan fingerprint density at radius 3 is 2.68 bits per heavy atom. The molecule has 0 spiro atoms. The van der Waals surface area contributed by atoms with E-state index in [2.05, 4.69) is 4.72 Å². The lowest BCUT2D eigenvalue weighted by Gasteiger charge is -2.11. The first-order valence-electron chi connectivity index (χ1n) is 5.99. The number of hydrogen-bond donors (Lipinski definition) is 2. The molecule has 0 saturated carbocycles. The second kappa shape index (κ2) is 6.95. The second-order valence-corrected chi connectivity index (χ2v) is 5.73. The highest BCUT2D eigenvalue weighted by Gasteiger charge is 2.19. The Labute approximate surface area is 113 Å². The lowest BCUT2D eigenvalue weighted by Crippen LogP contribution is -2.28. The second-order valence-electron chi connectivity index (χ2n) is 4.00. The lowest BCUT2D eigenvalue weighted by atomic mass is 10.1. The largest absolute Gasteiger partial charge is 0.380 e.